The molecule has 21 heavy (non-hydrogen) atoms. The van der Waals surface area contributed by atoms with Crippen molar-refractivity contribution < 1.29 is 0 Å². The van der Waals surface area contributed by atoms with Gasteiger partial charge in [0.25, 0.3) is 0 Å². The van der Waals surface area contributed by atoms with Gasteiger partial charge < -0.3 is 5.32 Å². The minimum absolute atomic E-state index is 0.706. The molecule has 1 aliphatic heterocycles. The molecule has 1 heterocycles. The molecule has 1 saturated heterocycles. The van der Waals surface area contributed by atoms with Crippen LogP contribution in [0.2, 0.25) is 0 Å². The van der Waals surface area contributed by atoms with Crippen molar-refractivity contribution in [3.63, 3.8) is 0 Å². The molecule has 2 heteroatoms. The third-order valence-corrected chi connectivity index (χ3v) is 5.16. The van der Waals surface area contributed by atoms with Gasteiger partial charge in [0.1, 0.15) is 0 Å². The van der Waals surface area contributed by atoms with E-state index < -0.39 is 0 Å². The summed E-state index contributed by atoms with van der Waals surface area (Å²) in [6.07, 6.45) is 8.32. The molecule has 0 spiro atoms. The Morgan fingerprint density at radius 2 is 1.86 bits per heavy atom. The number of hydrogen-bond donors (Lipinski definition) is 1. The molecular weight excluding hydrogens is 256 g/mol. The van der Waals surface area contributed by atoms with Crippen molar-refractivity contribution in [3.8, 4) is 0 Å². The van der Waals surface area contributed by atoms with Gasteiger partial charge in [0.2, 0.25) is 0 Å². The molecule has 0 amide bonds. The normalized spacial score (nSPS) is 31.2. The molecule has 3 atom stereocenters. The zero-order chi connectivity index (χ0) is 14.5. The van der Waals surface area contributed by atoms with Gasteiger partial charge in [0.05, 0.1) is 0 Å². The quantitative estimate of drug-likeness (QED) is 0.905. The van der Waals surface area contributed by atoms with E-state index in [-0.39, 0.29) is 0 Å². The van der Waals surface area contributed by atoms with E-state index in [1.807, 2.05) is 0 Å². The summed E-state index contributed by atoms with van der Waals surface area (Å²) in [5.74, 6) is 0.917. The average molecular weight is 286 g/mol. The van der Waals surface area contributed by atoms with Crippen LogP contribution in [0.15, 0.2) is 30.3 Å². The van der Waals surface area contributed by atoms with Gasteiger partial charge in [-0.3, -0.25) is 4.90 Å². The predicted molar refractivity (Wildman–Crippen MR) is 89.3 cm³/mol. The highest BCUT2D eigenvalue weighted by Gasteiger charge is 2.25. The number of hydrogen-bond acceptors (Lipinski definition) is 2. The zero-order valence-corrected chi connectivity index (χ0v) is 13.4. The summed E-state index contributed by atoms with van der Waals surface area (Å²) in [6, 6.07) is 12.4. The Morgan fingerprint density at radius 1 is 1.05 bits per heavy atom. The Kier molecular flexibility index (Phi) is 5.32. The molecule has 2 aliphatic rings. The van der Waals surface area contributed by atoms with Gasteiger partial charge in [0.15, 0.2) is 0 Å². The number of piperidine rings is 1. The second-order valence-electron chi connectivity index (χ2n) is 7.20. The highest BCUT2D eigenvalue weighted by molar-refractivity contribution is 5.14. The SMILES string of the molecule is CC1CCCC(NC2CCCN(Cc3ccccc3)C2)C1. The van der Waals surface area contributed by atoms with E-state index in [1.165, 1.54) is 57.2 Å². The standard InChI is InChI=1S/C19H30N2/c1-16-7-5-10-18(13-16)20-19-11-6-12-21(15-19)14-17-8-3-2-4-9-17/h2-4,8-9,16,18-20H,5-7,10-15H2,1H3. The fourth-order valence-corrected chi connectivity index (χ4v) is 4.10. The molecule has 3 rings (SSSR count). The molecular formula is C19H30N2. The summed E-state index contributed by atoms with van der Waals surface area (Å²) >= 11 is 0. The molecule has 1 aromatic carbocycles. The van der Waals surface area contributed by atoms with Crippen LogP contribution in [0, 0.1) is 5.92 Å². The lowest BCUT2D eigenvalue weighted by molar-refractivity contribution is 0.163. The second-order valence-corrected chi connectivity index (χ2v) is 7.20. The maximum atomic E-state index is 3.96. The van der Waals surface area contributed by atoms with E-state index >= 15 is 0 Å². The van der Waals surface area contributed by atoms with Gasteiger partial charge in [-0.15, -0.1) is 0 Å². The Morgan fingerprint density at radius 3 is 2.67 bits per heavy atom. The van der Waals surface area contributed by atoms with Gasteiger partial charge in [-0.25, -0.2) is 0 Å². The van der Waals surface area contributed by atoms with Crippen LogP contribution in [0.5, 0.6) is 0 Å². The first-order valence-electron chi connectivity index (χ1n) is 8.82. The van der Waals surface area contributed by atoms with Crippen LogP contribution in [-0.2, 0) is 6.54 Å². The van der Waals surface area contributed by atoms with E-state index in [0.717, 1.165) is 18.5 Å². The Labute approximate surface area is 129 Å². The van der Waals surface area contributed by atoms with Crippen molar-refractivity contribution in [3.05, 3.63) is 35.9 Å². The van der Waals surface area contributed by atoms with Crippen LogP contribution in [0.3, 0.4) is 0 Å². The minimum atomic E-state index is 0.706. The largest absolute Gasteiger partial charge is 0.310 e. The lowest BCUT2D eigenvalue weighted by Crippen LogP contribution is -2.49. The fraction of sp³-hybridized carbons (Fsp3) is 0.684. The average Bonchev–Trinajstić information content (AvgIpc) is 2.49. The smallest absolute Gasteiger partial charge is 0.0234 e. The minimum Gasteiger partial charge on any atom is -0.310 e. The van der Waals surface area contributed by atoms with Crippen LogP contribution in [0.4, 0.5) is 0 Å². The second kappa shape index (κ2) is 7.42. The van der Waals surface area contributed by atoms with Crippen LogP contribution < -0.4 is 5.32 Å². The van der Waals surface area contributed by atoms with Crippen LogP contribution in [-0.4, -0.2) is 30.1 Å². The third kappa shape index (κ3) is 4.55. The van der Waals surface area contributed by atoms with Crippen molar-refractivity contribution >= 4 is 0 Å². The monoisotopic (exact) mass is 286 g/mol. The van der Waals surface area contributed by atoms with Gasteiger partial charge in [-0.05, 0) is 43.7 Å². The van der Waals surface area contributed by atoms with Crippen molar-refractivity contribution in [1.29, 1.82) is 0 Å². The maximum absolute atomic E-state index is 3.96. The zero-order valence-electron chi connectivity index (χ0n) is 13.4. The number of benzene rings is 1. The number of likely N-dealkylation sites (tertiary alicyclic amines) is 1. The van der Waals surface area contributed by atoms with E-state index in [9.17, 15) is 0 Å². The third-order valence-electron chi connectivity index (χ3n) is 5.16. The van der Waals surface area contributed by atoms with Crippen molar-refractivity contribution in [2.75, 3.05) is 13.1 Å². The first-order chi connectivity index (χ1) is 10.3. The lowest BCUT2D eigenvalue weighted by atomic mass is 9.86. The Hall–Kier alpha value is -0.860. The fourth-order valence-electron chi connectivity index (χ4n) is 4.10. The Bertz CT molecular complexity index is 417. The van der Waals surface area contributed by atoms with Gasteiger partial charge in [0, 0.05) is 25.2 Å². The summed E-state index contributed by atoms with van der Waals surface area (Å²) in [5.41, 5.74) is 1.45. The van der Waals surface area contributed by atoms with E-state index in [0.29, 0.717) is 6.04 Å². The molecule has 0 bridgehead atoms. The number of nitrogens with zero attached hydrogens (tertiary/aromatic N) is 1. The topological polar surface area (TPSA) is 15.3 Å². The molecule has 1 aromatic rings. The van der Waals surface area contributed by atoms with Gasteiger partial charge in [-0.1, -0.05) is 50.1 Å². The summed E-state index contributed by atoms with van der Waals surface area (Å²) in [6.45, 7) is 6.00. The summed E-state index contributed by atoms with van der Waals surface area (Å²) in [4.78, 5) is 2.63. The predicted octanol–water partition coefficient (Wildman–Crippen LogP) is 3.82. The molecule has 1 saturated carbocycles. The molecule has 3 unspecified atom stereocenters. The molecule has 0 aromatic heterocycles. The van der Waals surface area contributed by atoms with Crippen molar-refractivity contribution in [2.24, 2.45) is 5.92 Å². The van der Waals surface area contributed by atoms with Gasteiger partial charge >= 0.3 is 0 Å². The van der Waals surface area contributed by atoms with Crippen molar-refractivity contribution in [2.45, 2.75) is 64.1 Å². The number of rotatable bonds is 4. The molecule has 1 aliphatic carbocycles. The van der Waals surface area contributed by atoms with E-state index in [1.54, 1.807) is 0 Å². The van der Waals surface area contributed by atoms with E-state index in [2.05, 4.69) is 47.5 Å². The van der Waals surface area contributed by atoms with Crippen LogP contribution in [0.1, 0.15) is 51.0 Å². The van der Waals surface area contributed by atoms with Crippen molar-refractivity contribution in [1.82, 2.24) is 10.2 Å². The molecule has 2 nitrogen and oxygen atoms in total. The molecule has 0 radical (unpaired) electrons. The highest BCUT2D eigenvalue weighted by Crippen LogP contribution is 2.25. The highest BCUT2D eigenvalue weighted by atomic mass is 15.2. The van der Waals surface area contributed by atoms with E-state index in [4.69, 9.17) is 0 Å². The maximum Gasteiger partial charge on any atom is 0.0234 e. The molecule has 116 valence electrons. The first kappa shape index (κ1) is 15.1. The number of nitrogens with one attached hydrogen (secondary N) is 1. The summed E-state index contributed by atoms with van der Waals surface area (Å²) in [7, 11) is 0. The van der Waals surface area contributed by atoms with Crippen LogP contribution >= 0.6 is 0 Å². The summed E-state index contributed by atoms with van der Waals surface area (Å²) < 4.78 is 0. The Balaban J connectivity index is 1.49. The summed E-state index contributed by atoms with van der Waals surface area (Å²) in [5, 5.41) is 3.96. The van der Waals surface area contributed by atoms with Gasteiger partial charge in [-0.2, -0.15) is 0 Å². The molecule has 1 N–H and O–H groups in total. The van der Waals surface area contributed by atoms with Crippen LogP contribution in [0.25, 0.3) is 0 Å². The first-order valence-corrected chi connectivity index (χ1v) is 8.82. The lowest BCUT2D eigenvalue weighted by Gasteiger charge is -2.37. The molecule has 2 fully saturated rings.